The van der Waals surface area contributed by atoms with E-state index in [0.717, 1.165) is 19.5 Å². The van der Waals surface area contributed by atoms with Gasteiger partial charge >= 0.3 is 0 Å². The van der Waals surface area contributed by atoms with Crippen LogP contribution in [0.3, 0.4) is 0 Å². The average molecular weight is 276 g/mol. The first kappa shape index (κ1) is 14.7. The van der Waals surface area contributed by atoms with Crippen molar-refractivity contribution in [3.63, 3.8) is 0 Å². The molecule has 0 aliphatic rings. The van der Waals surface area contributed by atoms with Gasteiger partial charge in [0.1, 0.15) is 0 Å². The average Bonchev–Trinajstić information content (AvgIpc) is 3.01. The molecule has 0 fully saturated rings. The highest BCUT2D eigenvalue weighted by atomic mass is 15.3. The van der Waals surface area contributed by atoms with Crippen molar-refractivity contribution in [2.75, 3.05) is 13.6 Å². The molecule has 0 saturated carbocycles. The minimum Gasteiger partial charge on any atom is -0.329 e. The number of aryl methyl sites for hydroxylation is 2. The van der Waals surface area contributed by atoms with Gasteiger partial charge in [-0.25, -0.2) is 0 Å². The molecule has 2 aromatic rings. The van der Waals surface area contributed by atoms with E-state index in [4.69, 9.17) is 5.73 Å². The van der Waals surface area contributed by atoms with E-state index in [1.165, 1.54) is 11.1 Å². The summed E-state index contributed by atoms with van der Waals surface area (Å²) in [4.78, 5) is 2.24. The maximum atomic E-state index is 5.95. The molecule has 2 heterocycles. The minimum absolute atomic E-state index is 0.181. The summed E-state index contributed by atoms with van der Waals surface area (Å²) in [6.07, 6.45) is 9.03. The number of hydrogen-bond acceptors (Lipinski definition) is 4. The molecule has 6 heteroatoms. The van der Waals surface area contributed by atoms with E-state index in [1.807, 2.05) is 35.0 Å². The Kier molecular flexibility index (Phi) is 4.92. The third-order valence-corrected chi connectivity index (χ3v) is 3.44. The van der Waals surface area contributed by atoms with E-state index in [-0.39, 0.29) is 6.04 Å². The zero-order valence-electron chi connectivity index (χ0n) is 12.5. The molecule has 1 unspecified atom stereocenters. The molecule has 0 aromatic carbocycles. The van der Waals surface area contributed by atoms with Crippen molar-refractivity contribution in [2.24, 2.45) is 12.8 Å². The van der Waals surface area contributed by atoms with Gasteiger partial charge in [0, 0.05) is 50.2 Å². The molecule has 2 N–H and O–H groups in total. The number of likely N-dealkylation sites (N-methyl/N-ethyl adjacent to an activating group) is 1. The Labute approximate surface area is 120 Å². The van der Waals surface area contributed by atoms with Crippen LogP contribution in [0.2, 0.25) is 0 Å². The van der Waals surface area contributed by atoms with Crippen LogP contribution in [-0.4, -0.2) is 38.1 Å². The van der Waals surface area contributed by atoms with Gasteiger partial charge in [-0.05, 0) is 13.5 Å². The highest BCUT2D eigenvalue weighted by Gasteiger charge is 2.17. The number of hydrogen-bond donors (Lipinski definition) is 1. The molecule has 6 nitrogen and oxygen atoms in total. The fourth-order valence-electron chi connectivity index (χ4n) is 2.43. The molecule has 110 valence electrons. The standard InChI is InChI=1S/C14H24N6/c1-4-5-20-11-13(8-17-20)14(6-15)18(2)9-12-7-16-19(3)10-12/h7-8,10-11,14H,4-6,9,15H2,1-3H3. The first-order chi connectivity index (χ1) is 9.63. The summed E-state index contributed by atoms with van der Waals surface area (Å²) in [6.45, 7) is 4.50. The van der Waals surface area contributed by atoms with Gasteiger partial charge in [0.25, 0.3) is 0 Å². The van der Waals surface area contributed by atoms with Crippen molar-refractivity contribution in [3.8, 4) is 0 Å². The molecule has 0 spiro atoms. The molecule has 2 aromatic heterocycles. The van der Waals surface area contributed by atoms with Crippen LogP contribution >= 0.6 is 0 Å². The summed E-state index contributed by atoms with van der Waals surface area (Å²) in [5.74, 6) is 0. The normalized spacial score (nSPS) is 13.1. The van der Waals surface area contributed by atoms with E-state index in [1.54, 1.807) is 0 Å². The number of rotatable bonds is 7. The van der Waals surface area contributed by atoms with Gasteiger partial charge in [-0.2, -0.15) is 10.2 Å². The monoisotopic (exact) mass is 276 g/mol. The summed E-state index contributed by atoms with van der Waals surface area (Å²) < 4.78 is 3.80. The predicted octanol–water partition coefficient (Wildman–Crippen LogP) is 1.16. The van der Waals surface area contributed by atoms with Gasteiger partial charge in [0.15, 0.2) is 0 Å². The van der Waals surface area contributed by atoms with Crippen molar-refractivity contribution in [1.29, 1.82) is 0 Å². The van der Waals surface area contributed by atoms with E-state index in [2.05, 4.69) is 35.3 Å². The lowest BCUT2D eigenvalue weighted by Gasteiger charge is -2.25. The molecule has 0 bridgehead atoms. The fraction of sp³-hybridized carbons (Fsp3) is 0.571. The summed E-state index contributed by atoms with van der Waals surface area (Å²) >= 11 is 0. The van der Waals surface area contributed by atoms with Crippen LogP contribution in [0.1, 0.15) is 30.5 Å². The van der Waals surface area contributed by atoms with Crippen molar-refractivity contribution < 1.29 is 0 Å². The summed E-state index contributed by atoms with van der Waals surface area (Å²) in [5.41, 5.74) is 8.31. The number of aromatic nitrogens is 4. The molecule has 0 aliphatic heterocycles. The summed E-state index contributed by atoms with van der Waals surface area (Å²) in [6, 6.07) is 0.181. The van der Waals surface area contributed by atoms with Gasteiger partial charge in [-0.15, -0.1) is 0 Å². The van der Waals surface area contributed by atoms with Gasteiger partial charge in [0.05, 0.1) is 18.4 Å². The van der Waals surface area contributed by atoms with Crippen molar-refractivity contribution in [2.45, 2.75) is 32.5 Å². The van der Waals surface area contributed by atoms with Gasteiger partial charge in [-0.3, -0.25) is 14.3 Å². The van der Waals surface area contributed by atoms with Crippen molar-refractivity contribution >= 4 is 0 Å². The second-order valence-corrected chi connectivity index (χ2v) is 5.23. The lowest BCUT2D eigenvalue weighted by molar-refractivity contribution is 0.241. The molecule has 20 heavy (non-hydrogen) atoms. The topological polar surface area (TPSA) is 64.9 Å². The van der Waals surface area contributed by atoms with Crippen LogP contribution in [0.25, 0.3) is 0 Å². The Morgan fingerprint density at radius 3 is 2.70 bits per heavy atom. The van der Waals surface area contributed by atoms with Crippen molar-refractivity contribution in [3.05, 3.63) is 35.9 Å². The zero-order valence-corrected chi connectivity index (χ0v) is 12.5. The Balaban J connectivity index is 2.05. The van der Waals surface area contributed by atoms with E-state index >= 15 is 0 Å². The lowest BCUT2D eigenvalue weighted by Crippen LogP contribution is -2.29. The minimum atomic E-state index is 0.181. The quantitative estimate of drug-likeness (QED) is 0.824. The molecule has 0 aliphatic carbocycles. The van der Waals surface area contributed by atoms with Crippen LogP contribution < -0.4 is 5.73 Å². The van der Waals surface area contributed by atoms with Gasteiger partial charge in [-0.1, -0.05) is 6.92 Å². The maximum absolute atomic E-state index is 5.95. The van der Waals surface area contributed by atoms with Gasteiger partial charge in [0.2, 0.25) is 0 Å². The molecular formula is C14H24N6. The Bertz CT molecular complexity index is 529. The predicted molar refractivity (Wildman–Crippen MR) is 79.0 cm³/mol. The largest absolute Gasteiger partial charge is 0.329 e. The molecule has 1 atom stereocenters. The van der Waals surface area contributed by atoms with Crippen LogP contribution in [0.15, 0.2) is 24.8 Å². The molecule has 0 saturated heterocycles. The second-order valence-electron chi connectivity index (χ2n) is 5.23. The van der Waals surface area contributed by atoms with Gasteiger partial charge < -0.3 is 5.73 Å². The van der Waals surface area contributed by atoms with Crippen LogP contribution in [-0.2, 0) is 20.1 Å². The molecule has 2 rings (SSSR count). The highest BCUT2D eigenvalue weighted by molar-refractivity contribution is 5.12. The second kappa shape index (κ2) is 6.67. The van der Waals surface area contributed by atoms with E-state index in [9.17, 15) is 0 Å². The molecule has 0 radical (unpaired) electrons. The summed E-state index contributed by atoms with van der Waals surface area (Å²) in [5, 5.41) is 8.58. The van der Waals surface area contributed by atoms with Crippen molar-refractivity contribution in [1.82, 2.24) is 24.5 Å². The van der Waals surface area contributed by atoms with E-state index in [0.29, 0.717) is 6.54 Å². The highest BCUT2D eigenvalue weighted by Crippen LogP contribution is 2.19. The first-order valence-electron chi connectivity index (χ1n) is 7.04. The first-order valence-corrected chi connectivity index (χ1v) is 7.04. The fourth-order valence-corrected chi connectivity index (χ4v) is 2.43. The van der Waals surface area contributed by atoms with E-state index < -0.39 is 0 Å². The third kappa shape index (κ3) is 3.46. The Hall–Kier alpha value is -1.66. The summed E-state index contributed by atoms with van der Waals surface area (Å²) in [7, 11) is 4.01. The Morgan fingerprint density at radius 2 is 2.10 bits per heavy atom. The van der Waals surface area contributed by atoms with Crippen LogP contribution in [0.5, 0.6) is 0 Å². The smallest absolute Gasteiger partial charge is 0.0538 e. The van der Waals surface area contributed by atoms with Crippen LogP contribution in [0, 0.1) is 0 Å². The maximum Gasteiger partial charge on any atom is 0.0538 e. The van der Waals surface area contributed by atoms with Crippen LogP contribution in [0.4, 0.5) is 0 Å². The third-order valence-electron chi connectivity index (χ3n) is 3.44. The number of nitrogens with zero attached hydrogens (tertiary/aromatic N) is 5. The molecule has 0 amide bonds. The zero-order chi connectivity index (χ0) is 14.5. The Morgan fingerprint density at radius 1 is 1.30 bits per heavy atom. The molecular weight excluding hydrogens is 252 g/mol. The number of nitrogens with two attached hydrogens (primary N) is 1. The SMILES string of the molecule is CCCn1cc(C(CN)N(C)Cc2cnn(C)c2)cn1. The lowest BCUT2D eigenvalue weighted by atomic mass is 10.1.